The number of quaternary nitrogens is 1. The molecule has 0 bridgehead atoms. The Morgan fingerprint density at radius 1 is 0.966 bits per heavy atom. The number of hydrogen-bond donors (Lipinski definition) is 1. The number of halogens is 4. The summed E-state index contributed by atoms with van der Waals surface area (Å²) in [6.45, 7) is 2.15. The maximum absolute atomic E-state index is 13.2. The quantitative estimate of drug-likeness (QED) is 0.663. The van der Waals surface area contributed by atoms with E-state index in [0.717, 1.165) is 49.2 Å². The van der Waals surface area contributed by atoms with Gasteiger partial charge < -0.3 is 4.90 Å². The zero-order valence-corrected chi connectivity index (χ0v) is 15.5. The van der Waals surface area contributed by atoms with Crippen LogP contribution in [0.25, 0.3) is 0 Å². The molecule has 1 aliphatic heterocycles. The van der Waals surface area contributed by atoms with Gasteiger partial charge in [-0.25, -0.2) is 9.07 Å². The number of nitrogens with zero attached hydrogens (tertiary/aromatic N) is 4. The van der Waals surface area contributed by atoms with E-state index in [1.165, 1.54) is 29.2 Å². The highest BCUT2D eigenvalue weighted by atomic mass is 19.4. The van der Waals surface area contributed by atoms with Crippen molar-refractivity contribution in [2.24, 2.45) is 0 Å². The minimum Gasteiger partial charge on any atom is -0.322 e. The number of alkyl halides is 3. The smallest absolute Gasteiger partial charge is 0.322 e. The molecule has 5 nitrogen and oxygen atoms in total. The minimum absolute atomic E-state index is 0.268. The van der Waals surface area contributed by atoms with Gasteiger partial charge >= 0.3 is 6.18 Å². The van der Waals surface area contributed by atoms with E-state index in [9.17, 15) is 17.6 Å². The molecule has 0 saturated carbocycles. The molecule has 1 fully saturated rings. The SMILES string of the molecule is Fc1ccc(Cn2nnnc2[C@@H](c2ccc(C(F)(F)F)cc2)[NH+]2CCCC2)cc1. The lowest BCUT2D eigenvalue weighted by Gasteiger charge is -2.24. The van der Waals surface area contributed by atoms with E-state index in [-0.39, 0.29) is 11.9 Å². The lowest BCUT2D eigenvalue weighted by Crippen LogP contribution is -3.10. The number of aromatic nitrogens is 4. The third-order valence-electron chi connectivity index (χ3n) is 5.29. The predicted octanol–water partition coefficient (Wildman–Crippen LogP) is 2.65. The number of rotatable bonds is 5. The molecule has 1 atom stereocenters. The molecule has 1 aromatic heterocycles. The van der Waals surface area contributed by atoms with E-state index in [0.29, 0.717) is 12.4 Å². The van der Waals surface area contributed by atoms with Crippen LogP contribution in [0.4, 0.5) is 17.6 Å². The first kappa shape index (κ1) is 19.5. The number of tetrazole rings is 1. The van der Waals surface area contributed by atoms with E-state index < -0.39 is 11.7 Å². The Labute approximate surface area is 164 Å². The van der Waals surface area contributed by atoms with Crippen molar-refractivity contribution in [2.75, 3.05) is 13.1 Å². The topological polar surface area (TPSA) is 48.0 Å². The summed E-state index contributed by atoms with van der Waals surface area (Å²) in [5, 5.41) is 12.1. The molecular weight excluding hydrogens is 386 g/mol. The molecule has 29 heavy (non-hydrogen) atoms. The third-order valence-corrected chi connectivity index (χ3v) is 5.29. The molecule has 4 rings (SSSR count). The fraction of sp³-hybridized carbons (Fsp3) is 0.350. The van der Waals surface area contributed by atoms with Gasteiger partial charge in [0.25, 0.3) is 0 Å². The average molecular weight is 406 g/mol. The second kappa shape index (κ2) is 7.90. The number of likely N-dealkylation sites (tertiary alicyclic amines) is 1. The second-order valence-corrected chi connectivity index (χ2v) is 7.24. The van der Waals surface area contributed by atoms with Crippen molar-refractivity contribution >= 4 is 0 Å². The summed E-state index contributed by atoms with van der Waals surface area (Å²) in [5.41, 5.74) is 0.898. The maximum Gasteiger partial charge on any atom is 0.416 e. The standard InChI is InChI=1S/C20H19F4N5/c21-17-9-3-14(4-10-17)13-29-19(25-26-27-29)18(28-11-1-2-12-28)15-5-7-16(8-6-15)20(22,23)24/h3-10,18H,1-2,11-13H2/p+1/t18-/m1/s1. The van der Waals surface area contributed by atoms with Crippen molar-refractivity contribution in [3.63, 3.8) is 0 Å². The Hall–Kier alpha value is -2.81. The van der Waals surface area contributed by atoms with Crippen LogP contribution in [0.1, 0.15) is 41.4 Å². The van der Waals surface area contributed by atoms with E-state index in [2.05, 4.69) is 15.5 Å². The van der Waals surface area contributed by atoms with Crippen LogP contribution < -0.4 is 4.90 Å². The highest BCUT2D eigenvalue weighted by Gasteiger charge is 2.35. The highest BCUT2D eigenvalue weighted by Crippen LogP contribution is 2.30. The first-order valence-electron chi connectivity index (χ1n) is 9.44. The molecule has 0 amide bonds. The van der Waals surface area contributed by atoms with Crippen molar-refractivity contribution in [2.45, 2.75) is 31.6 Å². The summed E-state index contributed by atoms with van der Waals surface area (Å²) in [6.07, 6.45) is -2.28. The molecule has 2 aromatic carbocycles. The van der Waals surface area contributed by atoms with Crippen LogP contribution in [0.2, 0.25) is 0 Å². The largest absolute Gasteiger partial charge is 0.416 e. The van der Waals surface area contributed by atoms with Gasteiger partial charge in [-0.15, -0.1) is 5.10 Å². The molecule has 152 valence electrons. The second-order valence-electron chi connectivity index (χ2n) is 7.24. The van der Waals surface area contributed by atoms with E-state index in [1.807, 2.05) is 0 Å². The van der Waals surface area contributed by atoms with Gasteiger partial charge in [0.2, 0.25) is 5.82 Å². The Morgan fingerprint density at radius 3 is 2.24 bits per heavy atom. The van der Waals surface area contributed by atoms with Gasteiger partial charge in [0.1, 0.15) is 5.82 Å². The third kappa shape index (κ3) is 4.29. The van der Waals surface area contributed by atoms with Gasteiger partial charge in [0.05, 0.1) is 25.2 Å². The minimum atomic E-state index is -4.38. The van der Waals surface area contributed by atoms with Crippen molar-refractivity contribution in [3.8, 4) is 0 Å². The van der Waals surface area contributed by atoms with Gasteiger partial charge in [-0.05, 0) is 40.3 Å². The van der Waals surface area contributed by atoms with Crippen molar-refractivity contribution in [1.82, 2.24) is 20.2 Å². The van der Waals surface area contributed by atoms with Crippen LogP contribution in [0.5, 0.6) is 0 Å². The van der Waals surface area contributed by atoms with E-state index in [4.69, 9.17) is 0 Å². The Balaban J connectivity index is 1.68. The summed E-state index contributed by atoms with van der Waals surface area (Å²) in [4.78, 5) is 1.22. The Kier molecular flexibility index (Phi) is 5.31. The zero-order valence-electron chi connectivity index (χ0n) is 15.5. The molecule has 0 unspecified atom stereocenters. The fourth-order valence-electron chi connectivity index (χ4n) is 3.84. The van der Waals surface area contributed by atoms with E-state index in [1.54, 1.807) is 16.8 Å². The van der Waals surface area contributed by atoms with Crippen molar-refractivity contribution < 1.29 is 22.5 Å². The predicted molar refractivity (Wildman–Crippen MR) is 96.5 cm³/mol. The van der Waals surface area contributed by atoms with Crippen molar-refractivity contribution in [3.05, 3.63) is 76.9 Å². The van der Waals surface area contributed by atoms with Gasteiger partial charge in [0.15, 0.2) is 6.04 Å². The lowest BCUT2D eigenvalue weighted by atomic mass is 10.0. The normalized spacial score (nSPS) is 16.3. The highest BCUT2D eigenvalue weighted by molar-refractivity contribution is 5.29. The summed E-state index contributed by atoms with van der Waals surface area (Å²) >= 11 is 0. The van der Waals surface area contributed by atoms with Crippen LogP contribution in [0.15, 0.2) is 48.5 Å². The molecule has 9 heteroatoms. The first-order chi connectivity index (χ1) is 13.9. The number of benzene rings is 2. The molecule has 1 aliphatic rings. The average Bonchev–Trinajstić information content (AvgIpc) is 3.37. The first-order valence-corrected chi connectivity index (χ1v) is 9.44. The van der Waals surface area contributed by atoms with Crippen LogP contribution >= 0.6 is 0 Å². The van der Waals surface area contributed by atoms with Gasteiger partial charge in [-0.3, -0.25) is 0 Å². The molecule has 2 heterocycles. The van der Waals surface area contributed by atoms with Crippen LogP contribution in [0, 0.1) is 5.82 Å². The number of nitrogens with one attached hydrogen (secondary N) is 1. The fourth-order valence-corrected chi connectivity index (χ4v) is 3.84. The number of hydrogen-bond acceptors (Lipinski definition) is 3. The van der Waals surface area contributed by atoms with E-state index >= 15 is 0 Å². The van der Waals surface area contributed by atoms with Crippen LogP contribution in [-0.4, -0.2) is 33.3 Å². The molecule has 1 saturated heterocycles. The van der Waals surface area contributed by atoms with Crippen molar-refractivity contribution in [1.29, 1.82) is 0 Å². The maximum atomic E-state index is 13.2. The molecule has 0 spiro atoms. The summed E-state index contributed by atoms with van der Waals surface area (Å²) in [5.74, 6) is 0.265. The molecule has 0 radical (unpaired) electrons. The monoisotopic (exact) mass is 406 g/mol. The van der Waals surface area contributed by atoms with Crippen LogP contribution in [-0.2, 0) is 12.7 Å². The molecule has 3 aromatic rings. The summed E-state index contributed by atoms with van der Waals surface area (Å²) in [7, 11) is 0. The Bertz CT molecular complexity index is 944. The molecule has 0 aliphatic carbocycles. The lowest BCUT2D eigenvalue weighted by molar-refractivity contribution is -0.914. The molecular formula is C20H20F4N5+. The Morgan fingerprint density at radius 2 is 1.62 bits per heavy atom. The van der Waals surface area contributed by atoms with Gasteiger partial charge in [-0.2, -0.15) is 13.2 Å². The van der Waals surface area contributed by atoms with Gasteiger partial charge in [0, 0.05) is 18.4 Å². The summed E-state index contributed by atoms with van der Waals surface area (Å²) < 4.78 is 53.7. The molecule has 1 N–H and O–H groups in total. The zero-order chi connectivity index (χ0) is 20.4. The summed E-state index contributed by atoms with van der Waals surface area (Å²) in [6, 6.07) is 11.0. The van der Waals surface area contributed by atoms with Gasteiger partial charge in [-0.1, -0.05) is 24.3 Å². The van der Waals surface area contributed by atoms with Crippen LogP contribution in [0.3, 0.4) is 0 Å².